The minimum atomic E-state index is 0.573. The molecule has 1 aliphatic heterocycles. The van der Waals surface area contributed by atoms with E-state index in [0.29, 0.717) is 17.9 Å². The van der Waals surface area contributed by atoms with Gasteiger partial charge in [0.1, 0.15) is 11.6 Å². The molecule has 1 saturated heterocycles. The number of nitrogens with zero attached hydrogens (tertiary/aromatic N) is 5. The monoisotopic (exact) mass is 341 g/mol. The second-order valence-electron chi connectivity index (χ2n) is 7.76. The average Bonchev–Trinajstić information content (AvgIpc) is 2.87. The van der Waals surface area contributed by atoms with E-state index in [1.807, 2.05) is 14.0 Å². The summed E-state index contributed by atoms with van der Waals surface area (Å²) in [6.07, 6.45) is 0. The Morgan fingerprint density at radius 2 is 1.72 bits per heavy atom. The van der Waals surface area contributed by atoms with E-state index in [1.165, 1.54) is 5.56 Å². The highest BCUT2D eigenvalue weighted by Crippen LogP contribution is 2.28. The lowest BCUT2D eigenvalue weighted by atomic mass is 9.84. The Balaban J connectivity index is 1.63. The first-order valence-electron chi connectivity index (χ1n) is 9.27. The first-order chi connectivity index (χ1) is 12.0. The number of piperidine rings is 1. The topological polar surface area (TPSA) is 37.2 Å². The van der Waals surface area contributed by atoms with Crippen molar-refractivity contribution in [3.63, 3.8) is 0 Å². The maximum absolute atomic E-state index is 4.33. The quantitative estimate of drug-likeness (QED) is 0.838. The Morgan fingerprint density at radius 3 is 2.28 bits per heavy atom. The number of benzene rings is 1. The summed E-state index contributed by atoms with van der Waals surface area (Å²) in [5.74, 6) is 3.28. The van der Waals surface area contributed by atoms with Crippen LogP contribution in [0.3, 0.4) is 0 Å². The van der Waals surface area contributed by atoms with Crippen molar-refractivity contribution in [1.29, 1.82) is 0 Å². The summed E-state index contributed by atoms with van der Waals surface area (Å²) in [4.78, 5) is 5.07. The summed E-state index contributed by atoms with van der Waals surface area (Å²) >= 11 is 0. The lowest BCUT2D eigenvalue weighted by Crippen LogP contribution is -2.53. The van der Waals surface area contributed by atoms with Crippen molar-refractivity contribution in [2.75, 3.05) is 20.1 Å². The predicted molar refractivity (Wildman–Crippen MR) is 101 cm³/mol. The van der Waals surface area contributed by atoms with Gasteiger partial charge in [-0.3, -0.25) is 9.80 Å². The fourth-order valence-electron chi connectivity index (χ4n) is 4.42. The van der Waals surface area contributed by atoms with Crippen LogP contribution in [0.1, 0.15) is 31.1 Å². The summed E-state index contributed by atoms with van der Waals surface area (Å²) in [7, 11) is 4.28. The van der Waals surface area contributed by atoms with Crippen molar-refractivity contribution in [2.45, 2.75) is 39.9 Å². The lowest BCUT2D eigenvalue weighted by Gasteiger charge is -2.45. The molecule has 5 nitrogen and oxygen atoms in total. The molecule has 1 aromatic carbocycles. The second kappa shape index (κ2) is 7.67. The average molecular weight is 342 g/mol. The van der Waals surface area contributed by atoms with Crippen molar-refractivity contribution in [2.24, 2.45) is 18.9 Å². The second-order valence-corrected chi connectivity index (χ2v) is 7.76. The number of aromatic nitrogens is 3. The van der Waals surface area contributed by atoms with Gasteiger partial charge >= 0.3 is 0 Å². The van der Waals surface area contributed by atoms with E-state index in [0.717, 1.165) is 37.8 Å². The maximum Gasteiger partial charge on any atom is 0.146 e. The van der Waals surface area contributed by atoms with Gasteiger partial charge in [-0.05, 0) is 31.4 Å². The van der Waals surface area contributed by atoms with Crippen molar-refractivity contribution < 1.29 is 0 Å². The third kappa shape index (κ3) is 4.10. The van der Waals surface area contributed by atoms with Crippen molar-refractivity contribution in [1.82, 2.24) is 24.6 Å². The minimum absolute atomic E-state index is 0.573. The Kier molecular flexibility index (Phi) is 5.54. The van der Waals surface area contributed by atoms with Gasteiger partial charge in [-0.2, -0.15) is 0 Å². The van der Waals surface area contributed by atoms with Crippen LogP contribution in [0.15, 0.2) is 30.3 Å². The molecule has 2 heterocycles. The van der Waals surface area contributed by atoms with E-state index in [2.05, 4.69) is 75.8 Å². The normalized spacial score (nSPS) is 24.8. The summed E-state index contributed by atoms with van der Waals surface area (Å²) in [6, 6.07) is 11.4. The molecule has 0 saturated carbocycles. The van der Waals surface area contributed by atoms with E-state index in [9.17, 15) is 0 Å². The van der Waals surface area contributed by atoms with Gasteiger partial charge in [0.2, 0.25) is 0 Å². The van der Waals surface area contributed by atoms with E-state index >= 15 is 0 Å². The highest BCUT2D eigenvalue weighted by atomic mass is 15.3. The molecular formula is C20H31N5. The summed E-state index contributed by atoms with van der Waals surface area (Å²) in [6.45, 7) is 11.0. The molecule has 0 N–H and O–H groups in total. The Labute approximate surface area is 151 Å². The van der Waals surface area contributed by atoms with Gasteiger partial charge in [0.25, 0.3) is 0 Å². The van der Waals surface area contributed by atoms with Gasteiger partial charge < -0.3 is 4.57 Å². The van der Waals surface area contributed by atoms with Crippen molar-refractivity contribution >= 4 is 0 Å². The lowest BCUT2D eigenvalue weighted by molar-refractivity contribution is 0.0276. The van der Waals surface area contributed by atoms with Gasteiger partial charge in [0.05, 0.1) is 6.54 Å². The minimum Gasteiger partial charge on any atom is -0.317 e. The van der Waals surface area contributed by atoms with Gasteiger partial charge in [0, 0.05) is 32.7 Å². The van der Waals surface area contributed by atoms with Gasteiger partial charge in [0.15, 0.2) is 0 Å². The fraction of sp³-hybridized carbons (Fsp3) is 0.600. The summed E-state index contributed by atoms with van der Waals surface area (Å²) in [5.41, 5.74) is 1.41. The molecule has 1 aromatic heterocycles. The van der Waals surface area contributed by atoms with Gasteiger partial charge in [-0.25, -0.2) is 0 Å². The molecule has 1 fully saturated rings. The van der Waals surface area contributed by atoms with Crippen molar-refractivity contribution in [3.8, 4) is 0 Å². The zero-order valence-corrected chi connectivity index (χ0v) is 16.2. The van der Waals surface area contributed by atoms with Crippen LogP contribution in [0.4, 0.5) is 0 Å². The van der Waals surface area contributed by atoms with Crippen LogP contribution in [0.2, 0.25) is 0 Å². The maximum atomic E-state index is 4.33. The Hall–Kier alpha value is -1.72. The molecule has 0 radical (unpaired) electrons. The van der Waals surface area contributed by atoms with Gasteiger partial charge in [-0.1, -0.05) is 44.2 Å². The third-order valence-electron chi connectivity index (χ3n) is 5.59. The molecule has 2 atom stereocenters. The largest absolute Gasteiger partial charge is 0.317 e. The van der Waals surface area contributed by atoms with Crippen LogP contribution in [-0.4, -0.2) is 50.7 Å². The smallest absolute Gasteiger partial charge is 0.146 e. The molecular weight excluding hydrogens is 310 g/mol. The molecule has 1 aliphatic rings. The highest BCUT2D eigenvalue weighted by molar-refractivity contribution is 5.14. The van der Waals surface area contributed by atoms with Crippen LogP contribution in [0, 0.1) is 18.8 Å². The fourth-order valence-corrected chi connectivity index (χ4v) is 4.42. The third-order valence-corrected chi connectivity index (χ3v) is 5.59. The van der Waals surface area contributed by atoms with Crippen molar-refractivity contribution in [3.05, 3.63) is 47.5 Å². The van der Waals surface area contributed by atoms with Crippen LogP contribution < -0.4 is 0 Å². The SMILES string of the molecule is Cc1nnc(CN(C)C2C(C)CN(Cc3ccccc3)CC2C)n1C. The van der Waals surface area contributed by atoms with Crippen LogP contribution >= 0.6 is 0 Å². The molecule has 5 heteroatoms. The van der Waals surface area contributed by atoms with E-state index < -0.39 is 0 Å². The predicted octanol–water partition coefficient (Wildman–Crippen LogP) is 2.71. The molecule has 2 unspecified atom stereocenters. The van der Waals surface area contributed by atoms with Crippen LogP contribution in [0.25, 0.3) is 0 Å². The molecule has 0 bridgehead atoms. The summed E-state index contributed by atoms with van der Waals surface area (Å²) < 4.78 is 2.09. The highest BCUT2D eigenvalue weighted by Gasteiger charge is 2.34. The number of rotatable bonds is 5. The van der Waals surface area contributed by atoms with Gasteiger partial charge in [-0.15, -0.1) is 10.2 Å². The van der Waals surface area contributed by atoms with E-state index in [4.69, 9.17) is 0 Å². The first kappa shape index (κ1) is 18.1. The standard InChI is InChI=1S/C20H31N5/c1-15-11-25(13-18-9-7-6-8-10-18)12-16(2)20(15)23(4)14-19-22-21-17(3)24(19)5/h6-10,15-16,20H,11-14H2,1-5H3. The zero-order valence-electron chi connectivity index (χ0n) is 16.2. The first-order valence-corrected chi connectivity index (χ1v) is 9.27. The Bertz CT molecular complexity index is 669. The molecule has 0 amide bonds. The van der Waals surface area contributed by atoms with Crippen LogP contribution in [0.5, 0.6) is 0 Å². The van der Waals surface area contributed by atoms with E-state index in [1.54, 1.807) is 0 Å². The summed E-state index contributed by atoms with van der Waals surface area (Å²) in [5, 5.41) is 8.52. The Morgan fingerprint density at radius 1 is 1.08 bits per heavy atom. The van der Waals surface area contributed by atoms with Crippen LogP contribution in [-0.2, 0) is 20.1 Å². The number of likely N-dealkylation sites (tertiary alicyclic amines) is 1. The zero-order chi connectivity index (χ0) is 18.0. The molecule has 0 spiro atoms. The number of hydrogen-bond donors (Lipinski definition) is 0. The number of aryl methyl sites for hydroxylation is 1. The van der Waals surface area contributed by atoms with E-state index in [-0.39, 0.29) is 0 Å². The molecule has 2 aromatic rings. The molecule has 0 aliphatic carbocycles. The molecule has 3 rings (SSSR count). The molecule has 25 heavy (non-hydrogen) atoms. The molecule has 136 valence electrons. The number of hydrogen-bond acceptors (Lipinski definition) is 4.